The van der Waals surface area contributed by atoms with Crippen LogP contribution in [0.2, 0.25) is 0 Å². The second-order valence-corrected chi connectivity index (χ2v) is 5.36. The zero-order valence-corrected chi connectivity index (χ0v) is 13.9. The van der Waals surface area contributed by atoms with Gasteiger partial charge in [-0.1, -0.05) is 20.3 Å². The summed E-state index contributed by atoms with van der Waals surface area (Å²) in [5.41, 5.74) is 0. The van der Waals surface area contributed by atoms with Crippen LogP contribution in [0.15, 0.2) is 0 Å². The van der Waals surface area contributed by atoms with Crippen LogP contribution in [-0.4, -0.2) is 58.6 Å². The van der Waals surface area contributed by atoms with Crippen molar-refractivity contribution in [2.75, 3.05) is 58.6 Å². The molecule has 0 aliphatic heterocycles. The average Bonchev–Trinajstić information content (AvgIpc) is 2.44. The molecule has 0 bridgehead atoms. The van der Waals surface area contributed by atoms with Crippen LogP contribution in [0.5, 0.6) is 0 Å². The van der Waals surface area contributed by atoms with Gasteiger partial charge in [0, 0.05) is 19.0 Å². The van der Waals surface area contributed by atoms with Crippen molar-refractivity contribution in [1.82, 2.24) is 5.32 Å². The van der Waals surface area contributed by atoms with Crippen molar-refractivity contribution < 1.29 is 14.2 Å². The van der Waals surface area contributed by atoms with Crippen molar-refractivity contribution in [2.24, 2.45) is 5.92 Å². The van der Waals surface area contributed by atoms with E-state index in [9.17, 15) is 0 Å². The van der Waals surface area contributed by atoms with Crippen LogP contribution in [0.4, 0.5) is 0 Å². The lowest BCUT2D eigenvalue weighted by Crippen LogP contribution is -2.25. The van der Waals surface area contributed by atoms with Gasteiger partial charge >= 0.3 is 0 Å². The molecule has 0 aromatic carbocycles. The Hall–Kier alpha value is 0.130. The molecule has 0 aromatic heterocycles. The van der Waals surface area contributed by atoms with Crippen LogP contribution in [0.3, 0.4) is 0 Å². The van der Waals surface area contributed by atoms with Gasteiger partial charge in [-0.3, -0.25) is 0 Å². The van der Waals surface area contributed by atoms with E-state index >= 15 is 0 Å². The van der Waals surface area contributed by atoms with Crippen molar-refractivity contribution in [1.29, 1.82) is 0 Å². The molecule has 5 heteroatoms. The minimum atomic E-state index is 0.628. The number of halogens is 1. The van der Waals surface area contributed by atoms with E-state index in [2.05, 4.69) is 19.2 Å². The quantitative estimate of drug-likeness (QED) is 0.351. The summed E-state index contributed by atoms with van der Waals surface area (Å²) in [6.45, 7) is 10.4. The maximum atomic E-state index is 5.68. The van der Waals surface area contributed by atoms with Crippen LogP contribution in [0.25, 0.3) is 0 Å². The SMILES string of the molecule is CCCCOCCOCCOCCNCC(C)CCCl. The molecule has 0 aliphatic rings. The lowest BCUT2D eigenvalue weighted by atomic mass is 10.1. The highest BCUT2D eigenvalue weighted by Crippen LogP contribution is 2.00. The van der Waals surface area contributed by atoms with Crippen LogP contribution >= 0.6 is 11.6 Å². The van der Waals surface area contributed by atoms with Gasteiger partial charge in [0.1, 0.15) is 0 Å². The predicted octanol–water partition coefficient (Wildman–Crippen LogP) is 2.69. The average molecular weight is 310 g/mol. The molecule has 1 atom stereocenters. The first-order valence-corrected chi connectivity index (χ1v) is 8.34. The molecule has 0 fully saturated rings. The molecule has 0 spiro atoms. The van der Waals surface area contributed by atoms with Crippen molar-refractivity contribution in [3.8, 4) is 0 Å². The zero-order chi connectivity index (χ0) is 14.9. The Morgan fingerprint density at radius 2 is 1.55 bits per heavy atom. The smallest absolute Gasteiger partial charge is 0.0701 e. The number of unbranched alkanes of at least 4 members (excludes halogenated alkanes) is 1. The highest BCUT2D eigenvalue weighted by Gasteiger charge is 1.99. The van der Waals surface area contributed by atoms with E-state index in [-0.39, 0.29) is 0 Å². The summed E-state index contributed by atoms with van der Waals surface area (Å²) in [7, 11) is 0. The minimum absolute atomic E-state index is 0.628. The highest BCUT2D eigenvalue weighted by molar-refractivity contribution is 6.17. The Balaban J connectivity index is 2.99. The third kappa shape index (κ3) is 16.2. The van der Waals surface area contributed by atoms with Gasteiger partial charge in [0.2, 0.25) is 0 Å². The molecule has 0 aromatic rings. The maximum Gasteiger partial charge on any atom is 0.0701 e. The van der Waals surface area contributed by atoms with E-state index in [0.717, 1.165) is 45.0 Å². The molecule has 122 valence electrons. The van der Waals surface area contributed by atoms with Crippen LogP contribution in [0, 0.1) is 5.92 Å². The van der Waals surface area contributed by atoms with Gasteiger partial charge in [0.05, 0.1) is 33.0 Å². The molecule has 20 heavy (non-hydrogen) atoms. The standard InChI is InChI=1S/C15H32ClNO3/c1-3-4-8-18-10-12-20-13-11-19-9-7-17-14-15(2)5-6-16/h15,17H,3-14H2,1-2H3. The van der Waals surface area contributed by atoms with E-state index in [1.54, 1.807) is 0 Å². The second kappa shape index (κ2) is 17.2. The first kappa shape index (κ1) is 20.1. The fourth-order valence-corrected chi connectivity index (χ4v) is 1.94. The van der Waals surface area contributed by atoms with E-state index in [0.29, 0.717) is 32.3 Å². The summed E-state index contributed by atoms with van der Waals surface area (Å²) in [4.78, 5) is 0. The molecule has 0 rings (SSSR count). The summed E-state index contributed by atoms with van der Waals surface area (Å²) >= 11 is 5.68. The number of nitrogens with one attached hydrogen (secondary N) is 1. The number of alkyl halides is 1. The Labute approximate surface area is 129 Å². The lowest BCUT2D eigenvalue weighted by molar-refractivity contribution is 0.0146. The first-order chi connectivity index (χ1) is 9.81. The normalized spacial score (nSPS) is 12.8. The summed E-state index contributed by atoms with van der Waals surface area (Å²) in [6.07, 6.45) is 3.36. The van der Waals surface area contributed by atoms with Crippen molar-refractivity contribution in [3.63, 3.8) is 0 Å². The largest absolute Gasteiger partial charge is 0.379 e. The number of hydrogen-bond acceptors (Lipinski definition) is 4. The molecule has 0 radical (unpaired) electrons. The summed E-state index contributed by atoms with van der Waals surface area (Å²) in [6, 6.07) is 0. The van der Waals surface area contributed by atoms with E-state index in [4.69, 9.17) is 25.8 Å². The molecule has 1 N–H and O–H groups in total. The summed E-state index contributed by atoms with van der Waals surface area (Å²) in [5, 5.41) is 3.36. The summed E-state index contributed by atoms with van der Waals surface area (Å²) in [5.74, 6) is 1.36. The zero-order valence-electron chi connectivity index (χ0n) is 13.2. The third-order valence-corrected chi connectivity index (χ3v) is 3.12. The molecule has 4 nitrogen and oxygen atoms in total. The fraction of sp³-hybridized carbons (Fsp3) is 1.00. The minimum Gasteiger partial charge on any atom is -0.379 e. The predicted molar refractivity (Wildman–Crippen MR) is 84.7 cm³/mol. The monoisotopic (exact) mass is 309 g/mol. The molecule has 0 amide bonds. The van der Waals surface area contributed by atoms with Gasteiger partial charge in [-0.25, -0.2) is 0 Å². The molecular formula is C15H32ClNO3. The van der Waals surface area contributed by atoms with Gasteiger partial charge in [0.15, 0.2) is 0 Å². The van der Waals surface area contributed by atoms with E-state index < -0.39 is 0 Å². The van der Waals surface area contributed by atoms with Gasteiger partial charge < -0.3 is 19.5 Å². The number of rotatable bonds is 16. The van der Waals surface area contributed by atoms with Crippen molar-refractivity contribution >= 4 is 11.6 Å². The molecule has 0 saturated carbocycles. The molecule has 0 saturated heterocycles. The van der Waals surface area contributed by atoms with Crippen molar-refractivity contribution in [2.45, 2.75) is 33.1 Å². The number of hydrogen-bond donors (Lipinski definition) is 1. The fourth-order valence-electron chi connectivity index (χ4n) is 1.57. The maximum absolute atomic E-state index is 5.68. The summed E-state index contributed by atoms with van der Waals surface area (Å²) < 4.78 is 16.3. The topological polar surface area (TPSA) is 39.7 Å². The van der Waals surface area contributed by atoms with Crippen LogP contribution in [0.1, 0.15) is 33.1 Å². The first-order valence-electron chi connectivity index (χ1n) is 7.81. The Morgan fingerprint density at radius 3 is 2.15 bits per heavy atom. The Morgan fingerprint density at radius 1 is 0.950 bits per heavy atom. The van der Waals surface area contributed by atoms with Gasteiger partial charge in [-0.05, 0) is 25.3 Å². The highest BCUT2D eigenvalue weighted by atomic mass is 35.5. The van der Waals surface area contributed by atoms with Crippen LogP contribution < -0.4 is 5.32 Å². The Kier molecular flexibility index (Phi) is 17.3. The van der Waals surface area contributed by atoms with Gasteiger partial charge in [-0.2, -0.15) is 0 Å². The Bertz CT molecular complexity index is 185. The third-order valence-electron chi connectivity index (χ3n) is 2.90. The molecule has 0 aliphatic carbocycles. The van der Waals surface area contributed by atoms with E-state index in [1.807, 2.05) is 0 Å². The van der Waals surface area contributed by atoms with Gasteiger partial charge in [-0.15, -0.1) is 11.6 Å². The van der Waals surface area contributed by atoms with E-state index in [1.165, 1.54) is 6.42 Å². The lowest BCUT2D eigenvalue weighted by Gasteiger charge is -2.11. The molecule has 0 heterocycles. The van der Waals surface area contributed by atoms with Crippen molar-refractivity contribution in [3.05, 3.63) is 0 Å². The second-order valence-electron chi connectivity index (χ2n) is 4.98. The van der Waals surface area contributed by atoms with Gasteiger partial charge in [0.25, 0.3) is 0 Å². The van der Waals surface area contributed by atoms with Crippen LogP contribution in [-0.2, 0) is 14.2 Å². The number of ether oxygens (including phenoxy) is 3. The molecular weight excluding hydrogens is 278 g/mol. The molecule has 1 unspecified atom stereocenters.